The maximum Gasteiger partial charge on any atom is 0.231 e. The Morgan fingerprint density at radius 1 is 1.15 bits per heavy atom. The zero-order valence-corrected chi connectivity index (χ0v) is 15.8. The number of benzene rings is 2. The lowest BCUT2D eigenvalue weighted by atomic mass is 9.73. The van der Waals surface area contributed by atoms with E-state index in [0.29, 0.717) is 26.1 Å². The summed E-state index contributed by atoms with van der Waals surface area (Å²) in [4.78, 5) is 13.4. The Kier molecular flexibility index (Phi) is 6.11. The quantitative estimate of drug-likeness (QED) is 0.830. The van der Waals surface area contributed by atoms with Gasteiger partial charge < -0.3 is 14.8 Å². The number of ether oxygens (including phenoxy) is 2. The SMILES string of the molecule is CCC(NC(=O)C1(c2ccc(F)cc2)CCOCC1)c1ccc(OC)cc1. The number of halogens is 1. The molecule has 1 amide bonds. The molecule has 1 atom stereocenters. The minimum Gasteiger partial charge on any atom is -0.497 e. The summed E-state index contributed by atoms with van der Waals surface area (Å²) in [6, 6.07) is 13.9. The zero-order valence-electron chi connectivity index (χ0n) is 15.8. The van der Waals surface area contributed by atoms with E-state index in [-0.39, 0.29) is 17.8 Å². The first kappa shape index (κ1) is 19.4. The van der Waals surface area contributed by atoms with Gasteiger partial charge in [0.1, 0.15) is 11.6 Å². The van der Waals surface area contributed by atoms with Crippen molar-refractivity contribution in [3.63, 3.8) is 0 Å². The van der Waals surface area contributed by atoms with Crippen LogP contribution in [0.25, 0.3) is 0 Å². The van der Waals surface area contributed by atoms with Crippen LogP contribution in [0.5, 0.6) is 5.75 Å². The fraction of sp³-hybridized carbons (Fsp3) is 0.409. The lowest BCUT2D eigenvalue weighted by molar-refractivity contribution is -0.131. The Morgan fingerprint density at radius 2 is 1.78 bits per heavy atom. The van der Waals surface area contributed by atoms with E-state index >= 15 is 0 Å². The van der Waals surface area contributed by atoms with Crippen molar-refractivity contribution in [3.05, 3.63) is 65.5 Å². The van der Waals surface area contributed by atoms with Gasteiger partial charge in [-0.3, -0.25) is 4.79 Å². The highest BCUT2D eigenvalue weighted by molar-refractivity contribution is 5.88. The van der Waals surface area contributed by atoms with Gasteiger partial charge >= 0.3 is 0 Å². The predicted molar refractivity (Wildman–Crippen MR) is 102 cm³/mol. The number of rotatable bonds is 6. The molecule has 27 heavy (non-hydrogen) atoms. The second-order valence-electron chi connectivity index (χ2n) is 6.91. The molecule has 1 fully saturated rings. The minimum atomic E-state index is -0.689. The van der Waals surface area contributed by atoms with Crippen molar-refractivity contribution in [2.45, 2.75) is 37.6 Å². The molecule has 1 aliphatic heterocycles. The summed E-state index contributed by atoms with van der Waals surface area (Å²) in [5.41, 5.74) is 1.19. The third-order valence-electron chi connectivity index (χ3n) is 5.41. The van der Waals surface area contributed by atoms with Gasteiger partial charge in [-0.15, -0.1) is 0 Å². The van der Waals surface area contributed by atoms with Crippen LogP contribution in [0.3, 0.4) is 0 Å². The van der Waals surface area contributed by atoms with Gasteiger partial charge in [0.25, 0.3) is 0 Å². The average Bonchev–Trinajstić information content (AvgIpc) is 2.73. The van der Waals surface area contributed by atoms with Crippen LogP contribution in [0.4, 0.5) is 4.39 Å². The maximum absolute atomic E-state index is 13.4. The summed E-state index contributed by atoms with van der Waals surface area (Å²) in [5.74, 6) is 0.457. The Balaban J connectivity index is 1.85. The van der Waals surface area contributed by atoms with Crippen molar-refractivity contribution >= 4 is 5.91 Å². The highest BCUT2D eigenvalue weighted by Gasteiger charge is 2.42. The van der Waals surface area contributed by atoms with Crippen LogP contribution in [-0.2, 0) is 14.9 Å². The Hall–Kier alpha value is -2.40. The van der Waals surface area contributed by atoms with E-state index in [4.69, 9.17) is 9.47 Å². The molecule has 0 saturated carbocycles. The largest absolute Gasteiger partial charge is 0.497 e. The van der Waals surface area contributed by atoms with Crippen LogP contribution in [0.2, 0.25) is 0 Å². The van der Waals surface area contributed by atoms with Crippen molar-refractivity contribution in [1.29, 1.82) is 0 Å². The highest BCUT2D eigenvalue weighted by Crippen LogP contribution is 2.36. The van der Waals surface area contributed by atoms with E-state index in [1.165, 1.54) is 12.1 Å². The van der Waals surface area contributed by atoms with Crippen molar-refractivity contribution in [1.82, 2.24) is 5.32 Å². The second kappa shape index (κ2) is 8.53. The van der Waals surface area contributed by atoms with Gasteiger partial charge in [0.05, 0.1) is 18.6 Å². The van der Waals surface area contributed by atoms with E-state index in [1.807, 2.05) is 31.2 Å². The first-order valence-corrected chi connectivity index (χ1v) is 9.38. The van der Waals surface area contributed by atoms with Crippen LogP contribution in [0.1, 0.15) is 43.4 Å². The van der Waals surface area contributed by atoms with Crippen molar-refractivity contribution in [2.24, 2.45) is 0 Å². The van der Waals surface area contributed by atoms with Crippen LogP contribution >= 0.6 is 0 Å². The normalized spacial score (nSPS) is 17.1. The molecule has 3 rings (SSSR count). The highest BCUT2D eigenvalue weighted by atomic mass is 19.1. The molecule has 0 radical (unpaired) electrons. The van der Waals surface area contributed by atoms with Gasteiger partial charge in [-0.1, -0.05) is 31.2 Å². The first-order valence-electron chi connectivity index (χ1n) is 9.38. The summed E-state index contributed by atoms with van der Waals surface area (Å²) in [6.45, 7) is 3.08. The van der Waals surface area contributed by atoms with Crippen LogP contribution in [0, 0.1) is 5.82 Å². The molecule has 1 unspecified atom stereocenters. The van der Waals surface area contributed by atoms with Gasteiger partial charge in [-0.2, -0.15) is 0 Å². The summed E-state index contributed by atoms with van der Waals surface area (Å²) in [7, 11) is 1.63. The minimum absolute atomic E-state index is 0.0277. The monoisotopic (exact) mass is 371 g/mol. The standard InChI is InChI=1S/C22H26FNO3/c1-3-20(16-4-10-19(26-2)11-5-16)24-21(25)22(12-14-27-15-13-22)17-6-8-18(23)9-7-17/h4-11,20H,3,12-15H2,1-2H3,(H,24,25). The number of carbonyl (C=O) groups excluding carboxylic acids is 1. The van der Waals surface area contributed by atoms with Gasteiger partial charge in [0.2, 0.25) is 5.91 Å². The summed E-state index contributed by atoms with van der Waals surface area (Å²) >= 11 is 0. The lowest BCUT2D eigenvalue weighted by Gasteiger charge is -2.37. The molecule has 1 N–H and O–H groups in total. The lowest BCUT2D eigenvalue weighted by Crippen LogP contribution is -2.49. The molecule has 2 aromatic carbocycles. The average molecular weight is 371 g/mol. The molecule has 0 bridgehead atoms. The third kappa shape index (κ3) is 4.14. The summed E-state index contributed by atoms with van der Waals surface area (Å²) in [5, 5.41) is 3.22. The molecular weight excluding hydrogens is 345 g/mol. The van der Waals surface area contributed by atoms with E-state index in [1.54, 1.807) is 19.2 Å². The molecule has 1 aliphatic rings. The van der Waals surface area contributed by atoms with Gasteiger partial charge in [-0.25, -0.2) is 4.39 Å². The topological polar surface area (TPSA) is 47.6 Å². The van der Waals surface area contributed by atoms with Gasteiger partial charge in [-0.05, 0) is 54.7 Å². The molecule has 2 aromatic rings. The number of hydrogen-bond acceptors (Lipinski definition) is 3. The predicted octanol–water partition coefficient (Wildman–Crippen LogP) is 4.15. The molecule has 0 aliphatic carbocycles. The van der Waals surface area contributed by atoms with Crippen LogP contribution in [0.15, 0.2) is 48.5 Å². The molecule has 5 heteroatoms. The number of nitrogens with one attached hydrogen (secondary N) is 1. The first-order chi connectivity index (χ1) is 13.1. The van der Waals surface area contributed by atoms with E-state index in [2.05, 4.69) is 5.32 Å². The second-order valence-corrected chi connectivity index (χ2v) is 6.91. The van der Waals surface area contributed by atoms with Crippen LogP contribution in [-0.4, -0.2) is 26.2 Å². The number of amides is 1. The number of hydrogen-bond donors (Lipinski definition) is 1. The van der Waals surface area contributed by atoms with Gasteiger partial charge in [0.15, 0.2) is 0 Å². The summed E-state index contributed by atoms with van der Waals surface area (Å²) < 4.78 is 24.1. The van der Waals surface area contributed by atoms with Crippen molar-refractivity contribution < 1.29 is 18.7 Å². The molecule has 0 aromatic heterocycles. The van der Waals surface area contributed by atoms with Crippen LogP contribution < -0.4 is 10.1 Å². The maximum atomic E-state index is 13.4. The van der Waals surface area contributed by atoms with E-state index in [0.717, 1.165) is 23.3 Å². The third-order valence-corrected chi connectivity index (χ3v) is 5.41. The van der Waals surface area contributed by atoms with Crippen molar-refractivity contribution in [2.75, 3.05) is 20.3 Å². The number of methoxy groups -OCH3 is 1. The molecule has 1 heterocycles. The molecule has 4 nitrogen and oxygen atoms in total. The Labute approximate surface area is 159 Å². The van der Waals surface area contributed by atoms with Crippen molar-refractivity contribution in [3.8, 4) is 5.75 Å². The number of carbonyl (C=O) groups is 1. The fourth-order valence-corrected chi connectivity index (χ4v) is 3.69. The molecule has 0 spiro atoms. The molecular formula is C22H26FNO3. The van der Waals surface area contributed by atoms with E-state index < -0.39 is 5.41 Å². The Morgan fingerprint density at radius 3 is 2.33 bits per heavy atom. The Bertz CT molecular complexity index is 752. The fourth-order valence-electron chi connectivity index (χ4n) is 3.69. The summed E-state index contributed by atoms with van der Waals surface area (Å²) in [6.07, 6.45) is 1.95. The smallest absolute Gasteiger partial charge is 0.231 e. The molecule has 1 saturated heterocycles. The van der Waals surface area contributed by atoms with Gasteiger partial charge in [0, 0.05) is 13.2 Å². The zero-order chi connectivity index (χ0) is 19.3. The van der Waals surface area contributed by atoms with E-state index in [9.17, 15) is 9.18 Å². The molecule has 144 valence electrons.